The fourth-order valence-corrected chi connectivity index (χ4v) is 4.37. The molecule has 0 radical (unpaired) electrons. The van der Waals surface area contributed by atoms with Crippen LogP contribution in [0.2, 0.25) is 0 Å². The largest absolute Gasteiger partial charge is 0.354 e. The lowest BCUT2D eigenvalue weighted by Crippen LogP contribution is -2.26. The summed E-state index contributed by atoms with van der Waals surface area (Å²) in [5.74, 6) is 1.02. The Bertz CT molecular complexity index is 1020. The van der Waals surface area contributed by atoms with Gasteiger partial charge in [0.15, 0.2) is 0 Å². The highest BCUT2D eigenvalue weighted by Gasteiger charge is 2.21. The van der Waals surface area contributed by atoms with Crippen molar-refractivity contribution >= 4 is 10.9 Å². The van der Waals surface area contributed by atoms with Crippen molar-refractivity contribution in [2.24, 2.45) is 0 Å². The van der Waals surface area contributed by atoms with Crippen molar-refractivity contribution in [3.8, 4) is 17.3 Å². The van der Waals surface area contributed by atoms with Gasteiger partial charge in [-0.05, 0) is 79.6 Å². The van der Waals surface area contributed by atoms with E-state index in [9.17, 15) is 5.26 Å². The number of rotatable bonds is 3. The Morgan fingerprint density at radius 1 is 1.19 bits per heavy atom. The minimum Gasteiger partial charge on any atom is -0.354 e. The van der Waals surface area contributed by atoms with E-state index in [2.05, 4.69) is 53.4 Å². The lowest BCUT2D eigenvalue weighted by Gasteiger charge is -2.23. The molecule has 4 nitrogen and oxygen atoms in total. The molecule has 2 aromatic heterocycles. The summed E-state index contributed by atoms with van der Waals surface area (Å²) in [5, 5.41) is 14.1. The summed E-state index contributed by atoms with van der Waals surface area (Å²) in [6.45, 7) is 8.67. The van der Waals surface area contributed by atoms with Crippen LogP contribution in [0.3, 0.4) is 0 Å². The van der Waals surface area contributed by atoms with Crippen LogP contribution in [-0.4, -0.2) is 23.1 Å². The predicted octanol–water partition coefficient (Wildman–Crippen LogP) is 5.00. The van der Waals surface area contributed by atoms with Crippen LogP contribution in [0, 0.1) is 18.3 Å². The third-order valence-electron chi connectivity index (χ3n) is 5.83. The molecule has 0 amide bonds. The molecule has 0 spiro atoms. The van der Waals surface area contributed by atoms with Gasteiger partial charge in [-0.1, -0.05) is 19.9 Å². The molecule has 1 saturated heterocycles. The zero-order valence-corrected chi connectivity index (χ0v) is 16.3. The number of nitrogens with one attached hydrogen (secondary N) is 2. The fourth-order valence-electron chi connectivity index (χ4n) is 4.37. The van der Waals surface area contributed by atoms with Gasteiger partial charge in [0.2, 0.25) is 0 Å². The van der Waals surface area contributed by atoms with Crippen LogP contribution in [0.1, 0.15) is 60.9 Å². The Hall–Kier alpha value is -2.64. The molecule has 1 aromatic carbocycles. The van der Waals surface area contributed by atoms with Crippen molar-refractivity contribution < 1.29 is 0 Å². The zero-order valence-electron chi connectivity index (χ0n) is 16.3. The summed E-state index contributed by atoms with van der Waals surface area (Å²) < 4.78 is 0. The smallest absolute Gasteiger partial charge is 0.144 e. The van der Waals surface area contributed by atoms with Gasteiger partial charge in [0.1, 0.15) is 11.8 Å². The minimum absolute atomic E-state index is 0.384. The standard InChI is InChI=1S/C23H26N4/c1-14(2)22-19-12-17(16-6-9-25-10-7-16)4-5-20(19)27-23(22)18-8-11-26-21(13-24)15(18)3/h4-5,8,11-12,14,16,25,27H,6-7,9-10H2,1-3H3. The molecule has 3 heterocycles. The van der Waals surface area contributed by atoms with E-state index in [0.29, 0.717) is 17.5 Å². The number of nitrogens with zero attached hydrogens (tertiary/aromatic N) is 2. The molecule has 2 N–H and O–H groups in total. The van der Waals surface area contributed by atoms with Crippen molar-refractivity contribution in [1.82, 2.24) is 15.3 Å². The number of nitriles is 1. The highest BCUT2D eigenvalue weighted by atomic mass is 14.9. The molecule has 0 atom stereocenters. The Balaban J connectivity index is 1.89. The Kier molecular flexibility index (Phi) is 4.72. The van der Waals surface area contributed by atoms with Crippen molar-refractivity contribution in [2.75, 3.05) is 13.1 Å². The molecule has 1 aliphatic rings. The average molecular weight is 358 g/mol. The van der Waals surface area contributed by atoms with Gasteiger partial charge in [-0.15, -0.1) is 0 Å². The summed E-state index contributed by atoms with van der Waals surface area (Å²) in [6, 6.07) is 11.1. The summed E-state index contributed by atoms with van der Waals surface area (Å²) in [6.07, 6.45) is 4.14. The first-order chi connectivity index (χ1) is 13.1. The molecule has 27 heavy (non-hydrogen) atoms. The summed E-state index contributed by atoms with van der Waals surface area (Å²) in [5.41, 5.74) is 7.58. The lowest BCUT2D eigenvalue weighted by molar-refractivity contribution is 0.460. The molecule has 1 aliphatic heterocycles. The van der Waals surface area contributed by atoms with E-state index >= 15 is 0 Å². The van der Waals surface area contributed by atoms with Crippen LogP contribution in [0.25, 0.3) is 22.2 Å². The first-order valence-corrected chi connectivity index (χ1v) is 9.82. The number of aromatic amines is 1. The van der Waals surface area contributed by atoms with E-state index in [1.54, 1.807) is 6.20 Å². The van der Waals surface area contributed by atoms with Gasteiger partial charge in [-0.3, -0.25) is 0 Å². The topological polar surface area (TPSA) is 64.5 Å². The van der Waals surface area contributed by atoms with E-state index < -0.39 is 0 Å². The predicted molar refractivity (Wildman–Crippen MR) is 110 cm³/mol. The second kappa shape index (κ2) is 7.17. The molecule has 0 bridgehead atoms. The molecule has 4 heteroatoms. The van der Waals surface area contributed by atoms with E-state index in [1.165, 1.54) is 34.9 Å². The number of hydrogen-bond donors (Lipinski definition) is 2. The van der Waals surface area contributed by atoms with Crippen LogP contribution in [-0.2, 0) is 0 Å². The van der Waals surface area contributed by atoms with Crippen LogP contribution in [0.4, 0.5) is 0 Å². The molecule has 4 rings (SSSR count). The average Bonchev–Trinajstić information content (AvgIpc) is 3.07. The monoisotopic (exact) mass is 358 g/mol. The molecule has 138 valence electrons. The van der Waals surface area contributed by atoms with Gasteiger partial charge in [0.05, 0.1) is 5.69 Å². The number of benzene rings is 1. The second-order valence-corrected chi connectivity index (χ2v) is 7.84. The Labute approximate surface area is 160 Å². The quantitative estimate of drug-likeness (QED) is 0.692. The minimum atomic E-state index is 0.384. The van der Waals surface area contributed by atoms with E-state index in [0.717, 1.165) is 29.9 Å². The van der Waals surface area contributed by atoms with Gasteiger partial charge in [0, 0.05) is 22.7 Å². The van der Waals surface area contributed by atoms with Crippen LogP contribution < -0.4 is 5.32 Å². The number of hydrogen-bond acceptors (Lipinski definition) is 3. The number of fused-ring (bicyclic) bond motifs is 1. The SMILES string of the molecule is Cc1c(-c2[nH]c3ccc(C4CCNCC4)cc3c2C(C)C)ccnc1C#N. The van der Waals surface area contributed by atoms with Gasteiger partial charge >= 0.3 is 0 Å². The third-order valence-corrected chi connectivity index (χ3v) is 5.83. The zero-order chi connectivity index (χ0) is 19.0. The fraction of sp³-hybridized carbons (Fsp3) is 0.391. The summed E-state index contributed by atoms with van der Waals surface area (Å²) >= 11 is 0. The van der Waals surface area contributed by atoms with Gasteiger partial charge in [-0.25, -0.2) is 4.98 Å². The highest BCUT2D eigenvalue weighted by molar-refractivity contribution is 5.92. The van der Waals surface area contributed by atoms with Gasteiger partial charge in [0.25, 0.3) is 0 Å². The second-order valence-electron chi connectivity index (χ2n) is 7.84. The maximum atomic E-state index is 9.36. The van der Waals surface area contributed by atoms with Crippen molar-refractivity contribution in [2.45, 2.75) is 45.4 Å². The molecule has 1 fully saturated rings. The molecular weight excluding hydrogens is 332 g/mol. The third kappa shape index (κ3) is 3.13. The van der Waals surface area contributed by atoms with Gasteiger partial charge < -0.3 is 10.3 Å². The van der Waals surface area contributed by atoms with E-state index in [1.807, 2.05) is 13.0 Å². The van der Waals surface area contributed by atoms with E-state index in [-0.39, 0.29) is 0 Å². The number of piperidine rings is 1. The Morgan fingerprint density at radius 2 is 1.96 bits per heavy atom. The van der Waals surface area contributed by atoms with Crippen LogP contribution in [0.15, 0.2) is 30.5 Å². The number of H-pyrrole nitrogens is 1. The summed E-state index contributed by atoms with van der Waals surface area (Å²) in [7, 11) is 0. The first-order valence-electron chi connectivity index (χ1n) is 9.82. The maximum Gasteiger partial charge on any atom is 0.144 e. The van der Waals surface area contributed by atoms with Crippen molar-refractivity contribution in [1.29, 1.82) is 5.26 Å². The number of aromatic nitrogens is 2. The lowest BCUT2D eigenvalue weighted by atomic mass is 9.88. The summed E-state index contributed by atoms with van der Waals surface area (Å²) in [4.78, 5) is 7.84. The van der Waals surface area contributed by atoms with E-state index in [4.69, 9.17) is 0 Å². The molecule has 0 saturated carbocycles. The van der Waals surface area contributed by atoms with Crippen LogP contribution in [0.5, 0.6) is 0 Å². The maximum absolute atomic E-state index is 9.36. The first kappa shape index (κ1) is 17.8. The normalized spacial score (nSPS) is 15.4. The molecule has 0 unspecified atom stereocenters. The molecule has 0 aliphatic carbocycles. The molecule has 3 aromatic rings. The molecular formula is C23H26N4. The van der Waals surface area contributed by atoms with Crippen molar-refractivity contribution in [3.05, 3.63) is 52.8 Å². The van der Waals surface area contributed by atoms with Crippen LogP contribution >= 0.6 is 0 Å². The van der Waals surface area contributed by atoms with Crippen molar-refractivity contribution in [3.63, 3.8) is 0 Å². The highest BCUT2D eigenvalue weighted by Crippen LogP contribution is 2.39. The van der Waals surface area contributed by atoms with Gasteiger partial charge in [-0.2, -0.15) is 5.26 Å². The Morgan fingerprint density at radius 3 is 2.67 bits per heavy atom. The number of pyridine rings is 1.